The molecule has 2 aromatic rings. The van der Waals surface area contributed by atoms with Gasteiger partial charge in [-0.15, -0.1) is 0 Å². The zero-order chi connectivity index (χ0) is 21.4. The van der Waals surface area contributed by atoms with Gasteiger partial charge in [-0.1, -0.05) is 104 Å². The summed E-state index contributed by atoms with van der Waals surface area (Å²) in [6.45, 7) is 16.9. The van der Waals surface area contributed by atoms with Crippen molar-refractivity contribution in [3.63, 3.8) is 0 Å². The monoisotopic (exact) mass is 379 g/mol. The van der Waals surface area contributed by atoms with Crippen molar-refractivity contribution < 1.29 is 0 Å². The van der Waals surface area contributed by atoms with E-state index in [1.54, 1.807) is 0 Å². The summed E-state index contributed by atoms with van der Waals surface area (Å²) in [5, 5.41) is 2.77. The van der Waals surface area contributed by atoms with E-state index in [1.807, 2.05) is 55.4 Å². The topological polar surface area (TPSA) is 12.4 Å². The number of nitrogens with zero attached hydrogens (tertiary/aromatic N) is 1. The maximum Gasteiger partial charge on any atom is 0.0392 e. The van der Waals surface area contributed by atoms with Gasteiger partial charge in [-0.25, -0.2) is 0 Å². The molecule has 0 fully saturated rings. The molecule has 154 valence electrons. The van der Waals surface area contributed by atoms with Gasteiger partial charge in [0, 0.05) is 18.3 Å². The molecule has 1 heteroatoms. The average molecular weight is 380 g/mol. The number of allylic oxidation sites excluding steroid dienone is 2. The number of benzene rings is 2. The van der Waals surface area contributed by atoms with Crippen molar-refractivity contribution in [1.82, 2.24) is 0 Å². The van der Waals surface area contributed by atoms with Gasteiger partial charge in [0.15, 0.2) is 0 Å². The molecule has 0 spiro atoms. The fourth-order valence-electron chi connectivity index (χ4n) is 3.31. The largest absolute Gasteiger partial charge is 0.293 e. The van der Waals surface area contributed by atoms with E-state index < -0.39 is 0 Å². The van der Waals surface area contributed by atoms with Crippen LogP contribution in [0.4, 0.5) is 0 Å². The Bertz CT molecular complexity index is 763. The number of hydrogen-bond donors (Lipinski definition) is 0. The Hall–Kier alpha value is -2.15. The van der Waals surface area contributed by atoms with Crippen LogP contribution in [-0.2, 0) is 6.42 Å². The van der Waals surface area contributed by atoms with Crippen LogP contribution in [0.15, 0.2) is 41.4 Å². The molecule has 2 aromatic carbocycles. The van der Waals surface area contributed by atoms with Gasteiger partial charge in [0.25, 0.3) is 0 Å². The molecule has 2 aliphatic rings. The van der Waals surface area contributed by atoms with E-state index in [9.17, 15) is 0 Å². The van der Waals surface area contributed by atoms with E-state index in [0.29, 0.717) is 0 Å². The fraction of sp³-hybridized carbons (Fsp3) is 0.444. The Labute approximate surface area is 174 Å². The molecule has 0 N–H and O–H groups in total. The van der Waals surface area contributed by atoms with Crippen molar-refractivity contribution in [3.05, 3.63) is 58.7 Å². The van der Waals surface area contributed by atoms with Crippen LogP contribution in [0.3, 0.4) is 0 Å². The van der Waals surface area contributed by atoms with Crippen molar-refractivity contribution >= 4 is 29.1 Å². The molecule has 0 bridgehead atoms. The molecule has 1 aliphatic heterocycles. The standard InChI is InChI=1S/C19H17N.4C2H6/c1-2-7-15-14-9-4-5-10-16(14)18-11-6-12-20-13-19(18)17(15)8-3-1;4*1-2/h2-5,7-10,13H,1,6,11-12H2;4*1-2H3. The lowest BCUT2D eigenvalue weighted by molar-refractivity contribution is 0.850. The third-order valence-corrected chi connectivity index (χ3v) is 4.22. The molecule has 0 aromatic heterocycles. The minimum Gasteiger partial charge on any atom is -0.293 e. The highest BCUT2D eigenvalue weighted by molar-refractivity contribution is 6.04. The maximum atomic E-state index is 4.57. The van der Waals surface area contributed by atoms with Crippen molar-refractivity contribution in [3.8, 4) is 0 Å². The first-order valence-corrected chi connectivity index (χ1v) is 11.4. The first-order valence-electron chi connectivity index (χ1n) is 11.4. The molecular weight excluding hydrogens is 338 g/mol. The van der Waals surface area contributed by atoms with Gasteiger partial charge < -0.3 is 0 Å². The lowest BCUT2D eigenvalue weighted by Gasteiger charge is -2.16. The van der Waals surface area contributed by atoms with E-state index >= 15 is 0 Å². The lowest BCUT2D eigenvalue weighted by atomic mass is 9.88. The Kier molecular flexibility index (Phi) is 14.6. The molecule has 0 saturated heterocycles. The first-order chi connectivity index (χ1) is 13.9. The third-order valence-electron chi connectivity index (χ3n) is 4.22. The van der Waals surface area contributed by atoms with E-state index in [4.69, 9.17) is 0 Å². The smallest absolute Gasteiger partial charge is 0.0392 e. The van der Waals surface area contributed by atoms with E-state index in [-0.39, 0.29) is 0 Å². The highest BCUT2D eigenvalue weighted by Crippen LogP contribution is 2.34. The Morgan fingerprint density at radius 1 is 0.679 bits per heavy atom. The quantitative estimate of drug-likeness (QED) is 0.434. The Morgan fingerprint density at radius 3 is 1.89 bits per heavy atom. The van der Waals surface area contributed by atoms with Crippen LogP contribution in [0, 0.1) is 0 Å². The van der Waals surface area contributed by atoms with Gasteiger partial charge in [-0.2, -0.15) is 0 Å². The summed E-state index contributed by atoms with van der Waals surface area (Å²) in [5.41, 5.74) is 5.50. The number of rotatable bonds is 0. The second-order valence-corrected chi connectivity index (χ2v) is 5.44. The number of hydrogen-bond acceptors (Lipinski definition) is 1. The van der Waals surface area contributed by atoms with Crippen molar-refractivity contribution in [1.29, 1.82) is 0 Å². The van der Waals surface area contributed by atoms with Crippen molar-refractivity contribution in [2.24, 2.45) is 4.99 Å². The van der Waals surface area contributed by atoms with Gasteiger partial charge in [-0.05, 0) is 46.7 Å². The van der Waals surface area contributed by atoms with Gasteiger partial charge >= 0.3 is 0 Å². The van der Waals surface area contributed by atoms with Crippen molar-refractivity contribution in [2.75, 3.05) is 6.54 Å². The number of aliphatic imine (C=N–C) groups is 1. The van der Waals surface area contributed by atoms with Crippen LogP contribution in [0.2, 0.25) is 0 Å². The minimum absolute atomic E-state index is 0.942. The van der Waals surface area contributed by atoms with Crippen LogP contribution >= 0.6 is 0 Å². The van der Waals surface area contributed by atoms with Gasteiger partial charge in [0.1, 0.15) is 0 Å². The molecule has 0 radical (unpaired) electrons. The zero-order valence-corrected chi connectivity index (χ0v) is 19.5. The molecule has 0 saturated carbocycles. The molecule has 0 atom stereocenters. The second-order valence-electron chi connectivity index (χ2n) is 5.44. The van der Waals surface area contributed by atoms with Crippen molar-refractivity contribution in [2.45, 2.75) is 74.7 Å². The summed E-state index contributed by atoms with van der Waals surface area (Å²) in [6, 6.07) is 8.80. The molecule has 1 aliphatic carbocycles. The maximum absolute atomic E-state index is 4.57. The van der Waals surface area contributed by atoms with Crippen LogP contribution in [0.5, 0.6) is 0 Å². The van der Waals surface area contributed by atoms with E-state index in [1.165, 1.54) is 33.0 Å². The highest BCUT2D eigenvalue weighted by atomic mass is 14.7. The lowest BCUT2D eigenvalue weighted by Crippen LogP contribution is -2.00. The average Bonchev–Trinajstić information content (AvgIpc) is 3.20. The normalized spacial score (nSPS) is 12.7. The third kappa shape index (κ3) is 6.19. The van der Waals surface area contributed by atoms with Crippen LogP contribution in [0.1, 0.15) is 90.5 Å². The number of fused-ring (bicyclic) bond motifs is 6. The van der Waals surface area contributed by atoms with E-state index in [2.05, 4.69) is 59.8 Å². The van der Waals surface area contributed by atoms with Crippen LogP contribution < -0.4 is 0 Å². The highest BCUT2D eigenvalue weighted by Gasteiger charge is 2.17. The summed E-state index contributed by atoms with van der Waals surface area (Å²) in [6.07, 6.45) is 14.4. The Balaban J connectivity index is 0.000000818. The van der Waals surface area contributed by atoms with Gasteiger partial charge in [0.05, 0.1) is 0 Å². The SMILES string of the molecule is C1=Cc2c3c(c4ccccc4c2C=CC1)CCCN=C3.CC.CC.CC.CC. The fourth-order valence-corrected chi connectivity index (χ4v) is 3.31. The molecule has 0 unspecified atom stereocenters. The minimum atomic E-state index is 0.942. The molecule has 1 nitrogen and oxygen atoms in total. The van der Waals surface area contributed by atoms with Crippen LogP contribution in [-0.4, -0.2) is 12.8 Å². The summed E-state index contributed by atoms with van der Waals surface area (Å²) >= 11 is 0. The second kappa shape index (κ2) is 15.9. The van der Waals surface area contributed by atoms with E-state index in [0.717, 1.165) is 25.8 Å². The zero-order valence-electron chi connectivity index (χ0n) is 19.5. The molecule has 28 heavy (non-hydrogen) atoms. The summed E-state index contributed by atoms with van der Waals surface area (Å²) in [5.74, 6) is 0. The first kappa shape index (κ1) is 25.9. The molecular formula is C27H41N. The summed E-state index contributed by atoms with van der Waals surface area (Å²) in [7, 11) is 0. The van der Waals surface area contributed by atoms with Crippen LogP contribution in [0.25, 0.3) is 22.9 Å². The summed E-state index contributed by atoms with van der Waals surface area (Å²) in [4.78, 5) is 4.57. The molecule has 0 amide bonds. The molecule has 4 rings (SSSR count). The molecule has 1 heterocycles. The van der Waals surface area contributed by atoms with Gasteiger partial charge in [-0.3, -0.25) is 4.99 Å². The predicted molar refractivity (Wildman–Crippen MR) is 133 cm³/mol. The predicted octanol–water partition coefficient (Wildman–Crippen LogP) is 8.74. The Morgan fingerprint density at radius 2 is 1.25 bits per heavy atom. The summed E-state index contributed by atoms with van der Waals surface area (Å²) < 4.78 is 0. The van der Waals surface area contributed by atoms with Gasteiger partial charge in [0.2, 0.25) is 0 Å². The number of aryl methyl sites for hydroxylation is 1.